The molecule has 1 fully saturated rings. The predicted molar refractivity (Wildman–Crippen MR) is 132 cm³/mol. The number of nitrogens with zero attached hydrogens (tertiary/aromatic N) is 2. The number of hydrogen-bond donors (Lipinski definition) is 2. The van der Waals surface area contributed by atoms with E-state index in [0.717, 1.165) is 46.2 Å². The van der Waals surface area contributed by atoms with Crippen molar-refractivity contribution < 1.29 is 9.53 Å². The van der Waals surface area contributed by atoms with Gasteiger partial charge in [0, 0.05) is 30.1 Å². The smallest absolute Gasteiger partial charge is 0.251 e. The van der Waals surface area contributed by atoms with Gasteiger partial charge in [-0.15, -0.1) is 0 Å². The van der Waals surface area contributed by atoms with Crippen LogP contribution >= 0.6 is 11.6 Å². The number of pyridine rings is 1. The Morgan fingerprint density at radius 3 is 2.79 bits per heavy atom. The van der Waals surface area contributed by atoms with Crippen LogP contribution < -0.4 is 15.4 Å². The van der Waals surface area contributed by atoms with Gasteiger partial charge in [-0.3, -0.25) is 9.20 Å². The average molecular weight is 461 g/mol. The summed E-state index contributed by atoms with van der Waals surface area (Å²) in [6.45, 7) is 2.65. The summed E-state index contributed by atoms with van der Waals surface area (Å²) in [6, 6.07) is 15.5. The van der Waals surface area contributed by atoms with Gasteiger partial charge in [0.05, 0.1) is 29.2 Å². The molecule has 0 unspecified atom stereocenters. The minimum atomic E-state index is -0.0957. The monoisotopic (exact) mass is 460 g/mol. The van der Waals surface area contributed by atoms with Crippen LogP contribution in [0.2, 0.25) is 5.02 Å². The Bertz CT molecular complexity index is 1340. The molecule has 0 spiro atoms. The SMILES string of the molecule is CNC(=O)c1ccc(Nc2cccn3c(-c4ccc(OCC5CC5)c(Cl)c4)cnc23)cc1C. The van der Waals surface area contributed by atoms with E-state index in [1.165, 1.54) is 12.8 Å². The van der Waals surface area contributed by atoms with Crippen LogP contribution in [0.4, 0.5) is 11.4 Å². The van der Waals surface area contributed by atoms with Gasteiger partial charge in [-0.1, -0.05) is 11.6 Å². The molecule has 5 rings (SSSR count). The highest BCUT2D eigenvalue weighted by Crippen LogP contribution is 2.35. The number of ether oxygens (including phenoxy) is 1. The molecule has 2 aromatic heterocycles. The second-order valence-corrected chi connectivity index (χ2v) is 8.80. The minimum absolute atomic E-state index is 0.0957. The third-order valence-corrected chi connectivity index (χ3v) is 6.21. The van der Waals surface area contributed by atoms with E-state index in [4.69, 9.17) is 16.3 Å². The lowest BCUT2D eigenvalue weighted by atomic mass is 10.1. The molecule has 0 bridgehead atoms. The lowest BCUT2D eigenvalue weighted by Crippen LogP contribution is -2.18. The van der Waals surface area contributed by atoms with Gasteiger partial charge >= 0.3 is 0 Å². The topological polar surface area (TPSA) is 67.7 Å². The molecule has 7 heteroatoms. The van der Waals surface area contributed by atoms with Crippen molar-refractivity contribution in [3.05, 3.63) is 77.1 Å². The number of carbonyl (C=O) groups is 1. The van der Waals surface area contributed by atoms with Gasteiger partial charge in [0.2, 0.25) is 0 Å². The molecule has 1 saturated carbocycles. The Labute approximate surface area is 197 Å². The first-order valence-electron chi connectivity index (χ1n) is 11.0. The third-order valence-electron chi connectivity index (χ3n) is 5.91. The number of imidazole rings is 1. The van der Waals surface area contributed by atoms with E-state index in [1.54, 1.807) is 7.05 Å². The molecule has 0 atom stereocenters. The van der Waals surface area contributed by atoms with Crippen LogP contribution in [-0.2, 0) is 0 Å². The molecule has 1 aliphatic rings. The third kappa shape index (κ3) is 4.39. The summed E-state index contributed by atoms with van der Waals surface area (Å²) in [7, 11) is 1.63. The maximum Gasteiger partial charge on any atom is 0.251 e. The highest BCUT2D eigenvalue weighted by Gasteiger charge is 2.22. The molecule has 4 aromatic rings. The van der Waals surface area contributed by atoms with Crippen molar-refractivity contribution >= 4 is 34.5 Å². The number of amides is 1. The van der Waals surface area contributed by atoms with Crippen molar-refractivity contribution in [2.75, 3.05) is 19.0 Å². The van der Waals surface area contributed by atoms with Crippen molar-refractivity contribution in [2.45, 2.75) is 19.8 Å². The second-order valence-electron chi connectivity index (χ2n) is 8.39. The van der Waals surface area contributed by atoms with Gasteiger partial charge in [0.25, 0.3) is 5.91 Å². The molecule has 33 heavy (non-hydrogen) atoms. The summed E-state index contributed by atoms with van der Waals surface area (Å²) in [4.78, 5) is 16.6. The highest BCUT2D eigenvalue weighted by atomic mass is 35.5. The number of anilines is 2. The van der Waals surface area contributed by atoms with Gasteiger partial charge in [0.1, 0.15) is 5.75 Å². The van der Waals surface area contributed by atoms with E-state index in [0.29, 0.717) is 16.5 Å². The molecule has 2 N–H and O–H groups in total. The predicted octanol–water partition coefficient (Wildman–Crippen LogP) is 5.86. The molecule has 6 nitrogen and oxygen atoms in total. The Balaban J connectivity index is 1.42. The molecular formula is C26H25ClN4O2. The Morgan fingerprint density at radius 2 is 2.06 bits per heavy atom. The van der Waals surface area contributed by atoms with E-state index in [-0.39, 0.29) is 5.91 Å². The van der Waals surface area contributed by atoms with Gasteiger partial charge in [-0.2, -0.15) is 0 Å². The summed E-state index contributed by atoms with van der Waals surface area (Å²) in [5, 5.41) is 6.70. The van der Waals surface area contributed by atoms with Crippen molar-refractivity contribution in [3.8, 4) is 17.0 Å². The van der Waals surface area contributed by atoms with E-state index >= 15 is 0 Å². The molecule has 1 aliphatic carbocycles. The summed E-state index contributed by atoms with van der Waals surface area (Å²) in [6.07, 6.45) is 6.31. The summed E-state index contributed by atoms with van der Waals surface area (Å²) in [5.41, 5.74) is 6.01. The van der Waals surface area contributed by atoms with Crippen LogP contribution in [0, 0.1) is 12.8 Å². The Kier molecular flexibility index (Phi) is 5.68. The lowest BCUT2D eigenvalue weighted by molar-refractivity contribution is 0.0962. The van der Waals surface area contributed by atoms with Gasteiger partial charge in [-0.05, 0) is 79.8 Å². The molecule has 0 radical (unpaired) electrons. The molecule has 0 saturated heterocycles. The van der Waals surface area contributed by atoms with E-state index in [2.05, 4.69) is 15.6 Å². The molecule has 2 aromatic carbocycles. The van der Waals surface area contributed by atoms with Crippen molar-refractivity contribution in [1.29, 1.82) is 0 Å². The van der Waals surface area contributed by atoms with Crippen molar-refractivity contribution in [3.63, 3.8) is 0 Å². The summed E-state index contributed by atoms with van der Waals surface area (Å²) < 4.78 is 7.89. The zero-order valence-corrected chi connectivity index (χ0v) is 19.3. The Morgan fingerprint density at radius 1 is 1.21 bits per heavy atom. The van der Waals surface area contributed by atoms with Gasteiger partial charge < -0.3 is 15.4 Å². The first-order chi connectivity index (χ1) is 16.0. The van der Waals surface area contributed by atoms with E-state index in [1.807, 2.05) is 72.2 Å². The minimum Gasteiger partial charge on any atom is -0.492 e. The van der Waals surface area contributed by atoms with Gasteiger partial charge in [-0.25, -0.2) is 4.98 Å². The maximum atomic E-state index is 12.0. The van der Waals surface area contributed by atoms with Crippen LogP contribution in [0.15, 0.2) is 60.9 Å². The van der Waals surface area contributed by atoms with Crippen LogP contribution in [0.25, 0.3) is 16.9 Å². The maximum absolute atomic E-state index is 12.0. The quantitative estimate of drug-likeness (QED) is 0.362. The number of rotatable bonds is 7. The zero-order valence-electron chi connectivity index (χ0n) is 18.6. The number of aryl methyl sites for hydroxylation is 1. The van der Waals surface area contributed by atoms with Crippen molar-refractivity contribution in [2.24, 2.45) is 5.92 Å². The summed E-state index contributed by atoms with van der Waals surface area (Å²) >= 11 is 6.50. The van der Waals surface area contributed by atoms with Gasteiger partial charge in [0.15, 0.2) is 5.65 Å². The molecule has 168 valence electrons. The fourth-order valence-corrected chi connectivity index (χ4v) is 4.11. The number of carbonyl (C=O) groups excluding carboxylic acids is 1. The highest BCUT2D eigenvalue weighted by molar-refractivity contribution is 6.32. The van der Waals surface area contributed by atoms with Crippen molar-refractivity contribution in [1.82, 2.24) is 14.7 Å². The number of nitrogens with one attached hydrogen (secondary N) is 2. The van der Waals surface area contributed by atoms with Crippen LogP contribution in [0.1, 0.15) is 28.8 Å². The first kappa shape index (κ1) is 21.3. The first-order valence-corrected chi connectivity index (χ1v) is 11.4. The van der Waals surface area contributed by atoms with Crippen LogP contribution in [-0.4, -0.2) is 28.9 Å². The summed E-state index contributed by atoms with van der Waals surface area (Å²) in [5.74, 6) is 1.30. The molecule has 0 aliphatic heterocycles. The van der Waals surface area contributed by atoms with E-state index < -0.39 is 0 Å². The number of aromatic nitrogens is 2. The second kappa shape index (κ2) is 8.79. The Hall–Kier alpha value is -3.51. The number of fused-ring (bicyclic) bond motifs is 1. The fourth-order valence-electron chi connectivity index (χ4n) is 3.88. The number of benzene rings is 2. The zero-order chi connectivity index (χ0) is 22.9. The largest absolute Gasteiger partial charge is 0.492 e. The number of hydrogen-bond acceptors (Lipinski definition) is 4. The van der Waals surface area contributed by atoms with E-state index in [9.17, 15) is 4.79 Å². The molecular weight excluding hydrogens is 436 g/mol. The molecule has 2 heterocycles. The lowest BCUT2D eigenvalue weighted by Gasteiger charge is -2.12. The normalized spacial score (nSPS) is 13.2. The average Bonchev–Trinajstić information content (AvgIpc) is 3.54. The number of halogens is 1. The fraction of sp³-hybridized carbons (Fsp3) is 0.231. The van der Waals surface area contributed by atoms with Crippen LogP contribution in [0.3, 0.4) is 0 Å². The van der Waals surface area contributed by atoms with Crippen LogP contribution in [0.5, 0.6) is 5.75 Å². The molecule has 1 amide bonds. The standard InChI is InChI=1S/C26H25ClN4O2/c1-16-12-19(8-9-20(16)26(32)28-2)30-22-4-3-11-31-23(14-29-25(22)31)18-7-10-24(21(27)13-18)33-15-17-5-6-17/h3-4,7-14,17,30H,5-6,15H2,1-2H3,(H,28,32).